The predicted octanol–water partition coefficient (Wildman–Crippen LogP) is 5.57. The molecule has 2 heterocycles. The molecule has 0 fully saturated rings. The highest BCUT2D eigenvalue weighted by molar-refractivity contribution is 6.10. The molecule has 5 rings (SSSR count). The van der Waals surface area contributed by atoms with Crippen LogP contribution in [0.2, 0.25) is 0 Å². The molecule has 2 aromatic heterocycles. The second-order valence-electron chi connectivity index (χ2n) is 8.11. The Hall–Kier alpha value is -4.29. The van der Waals surface area contributed by atoms with Crippen LogP contribution in [0.5, 0.6) is 0 Å². The largest absolute Gasteiger partial charge is 0.436 e. The Morgan fingerprint density at radius 3 is 2.59 bits per heavy atom. The van der Waals surface area contributed by atoms with Gasteiger partial charge in [-0.2, -0.15) is 0 Å². The van der Waals surface area contributed by atoms with Crippen molar-refractivity contribution in [2.24, 2.45) is 4.99 Å². The van der Waals surface area contributed by atoms with Gasteiger partial charge in [-0.1, -0.05) is 54.6 Å². The monoisotopic (exact) mass is 449 g/mol. The number of hydrogen-bond acceptors (Lipinski definition) is 5. The number of amides is 1. The standard InChI is InChI=1S/C28H23N3O3/c1-17-8-3-6-12-24(17)31-28-23(14-22-20(16-32)15-29-18(2)26(22)34-28)27(33)30-25-13-7-10-19-9-4-5-11-21(19)25/h3-15,32H,16H2,1-2H3,(H,30,33). The van der Waals surface area contributed by atoms with Gasteiger partial charge in [0.2, 0.25) is 5.55 Å². The Balaban J connectivity index is 1.72. The topological polar surface area (TPSA) is 87.7 Å². The molecule has 5 aromatic rings. The van der Waals surface area contributed by atoms with Crippen LogP contribution < -0.4 is 10.9 Å². The van der Waals surface area contributed by atoms with E-state index in [1.54, 1.807) is 12.3 Å². The van der Waals surface area contributed by atoms with Gasteiger partial charge in [0.15, 0.2) is 5.58 Å². The van der Waals surface area contributed by atoms with Crippen LogP contribution in [0.1, 0.15) is 27.2 Å². The quantitative estimate of drug-likeness (QED) is 0.375. The molecule has 0 spiro atoms. The second kappa shape index (κ2) is 8.92. The molecule has 0 aliphatic carbocycles. The molecule has 3 aromatic carbocycles. The van der Waals surface area contributed by atoms with E-state index in [9.17, 15) is 9.90 Å². The summed E-state index contributed by atoms with van der Waals surface area (Å²) in [6, 6.07) is 23.0. The molecule has 0 radical (unpaired) electrons. The van der Waals surface area contributed by atoms with Gasteiger partial charge in [-0.25, -0.2) is 4.99 Å². The highest BCUT2D eigenvalue weighted by atomic mass is 16.3. The van der Waals surface area contributed by atoms with Gasteiger partial charge in [0.1, 0.15) is 5.56 Å². The number of fused-ring (bicyclic) bond motifs is 2. The summed E-state index contributed by atoms with van der Waals surface area (Å²) in [4.78, 5) is 22.6. The van der Waals surface area contributed by atoms with E-state index in [1.165, 1.54) is 0 Å². The van der Waals surface area contributed by atoms with E-state index in [0.29, 0.717) is 33.6 Å². The minimum absolute atomic E-state index is 0.180. The summed E-state index contributed by atoms with van der Waals surface area (Å²) in [5.41, 5.74) is 4.51. The van der Waals surface area contributed by atoms with Crippen LogP contribution >= 0.6 is 0 Å². The zero-order valence-corrected chi connectivity index (χ0v) is 18.9. The van der Waals surface area contributed by atoms with E-state index in [2.05, 4.69) is 10.3 Å². The number of hydrogen-bond donors (Lipinski definition) is 2. The van der Waals surface area contributed by atoms with Crippen molar-refractivity contribution in [2.45, 2.75) is 20.5 Å². The fraction of sp³-hybridized carbons (Fsp3) is 0.107. The lowest BCUT2D eigenvalue weighted by atomic mass is 10.1. The van der Waals surface area contributed by atoms with Crippen LogP contribution in [-0.2, 0) is 6.61 Å². The third-order valence-corrected chi connectivity index (χ3v) is 5.84. The fourth-order valence-corrected chi connectivity index (χ4v) is 3.98. The molecule has 1 amide bonds. The van der Waals surface area contributed by atoms with E-state index in [4.69, 9.17) is 9.41 Å². The van der Waals surface area contributed by atoms with Crippen molar-refractivity contribution >= 4 is 39.0 Å². The van der Waals surface area contributed by atoms with E-state index in [0.717, 1.165) is 16.3 Å². The first kappa shape index (κ1) is 21.6. The van der Waals surface area contributed by atoms with Crippen LogP contribution in [0.25, 0.3) is 21.7 Å². The molecule has 0 bridgehead atoms. The maximum Gasteiger partial charge on any atom is 0.261 e. The Morgan fingerprint density at radius 1 is 1.00 bits per heavy atom. The Morgan fingerprint density at radius 2 is 1.76 bits per heavy atom. The van der Waals surface area contributed by atoms with E-state index >= 15 is 0 Å². The Kier molecular flexibility index (Phi) is 5.65. The van der Waals surface area contributed by atoms with Gasteiger partial charge in [0, 0.05) is 28.2 Å². The van der Waals surface area contributed by atoms with Crippen LogP contribution in [0.3, 0.4) is 0 Å². The van der Waals surface area contributed by atoms with Crippen LogP contribution in [0.4, 0.5) is 11.4 Å². The number of pyridine rings is 1. The Labute approximate surface area is 196 Å². The summed E-state index contributed by atoms with van der Waals surface area (Å²) in [5, 5.41) is 15.5. The fourth-order valence-electron chi connectivity index (χ4n) is 3.98. The van der Waals surface area contributed by atoms with Crippen molar-refractivity contribution in [1.82, 2.24) is 4.98 Å². The maximum atomic E-state index is 13.6. The molecule has 0 unspecified atom stereocenters. The SMILES string of the molecule is Cc1ccccc1N=c1oc2c(C)ncc(CO)c2cc1C(=O)Nc1cccc2ccccc12. The number of nitrogens with zero attached hydrogens (tertiary/aromatic N) is 2. The van der Waals surface area contributed by atoms with Crippen molar-refractivity contribution in [3.8, 4) is 0 Å². The van der Waals surface area contributed by atoms with Crippen LogP contribution in [0, 0.1) is 13.8 Å². The van der Waals surface area contributed by atoms with Gasteiger partial charge < -0.3 is 14.8 Å². The van der Waals surface area contributed by atoms with Crippen molar-refractivity contribution in [2.75, 3.05) is 5.32 Å². The predicted molar refractivity (Wildman–Crippen MR) is 133 cm³/mol. The highest BCUT2D eigenvalue weighted by Gasteiger charge is 2.17. The molecule has 6 heteroatoms. The van der Waals surface area contributed by atoms with Gasteiger partial charge in [-0.05, 0) is 43.0 Å². The van der Waals surface area contributed by atoms with E-state index in [-0.39, 0.29) is 23.6 Å². The average molecular weight is 450 g/mol. The summed E-state index contributed by atoms with van der Waals surface area (Å²) in [6.07, 6.45) is 1.59. The van der Waals surface area contributed by atoms with Gasteiger partial charge in [0.25, 0.3) is 5.91 Å². The highest BCUT2D eigenvalue weighted by Crippen LogP contribution is 2.25. The molecule has 0 saturated heterocycles. The summed E-state index contributed by atoms with van der Waals surface area (Å²) in [6.45, 7) is 3.55. The smallest absolute Gasteiger partial charge is 0.261 e. The number of para-hydroxylation sites is 1. The van der Waals surface area contributed by atoms with E-state index < -0.39 is 0 Å². The molecule has 0 aliphatic rings. The molecule has 6 nitrogen and oxygen atoms in total. The summed E-state index contributed by atoms with van der Waals surface area (Å²) >= 11 is 0. The van der Waals surface area contributed by atoms with Gasteiger partial charge >= 0.3 is 0 Å². The number of rotatable bonds is 4. The molecular formula is C28H23N3O3. The zero-order chi connectivity index (χ0) is 23.7. The number of nitrogens with one attached hydrogen (secondary N) is 1. The first-order valence-electron chi connectivity index (χ1n) is 11.0. The molecule has 34 heavy (non-hydrogen) atoms. The number of aliphatic hydroxyl groups is 1. The maximum absolute atomic E-state index is 13.6. The third kappa shape index (κ3) is 3.95. The van der Waals surface area contributed by atoms with E-state index in [1.807, 2.05) is 80.6 Å². The number of benzene rings is 3. The average Bonchev–Trinajstić information content (AvgIpc) is 2.86. The second-order valence-corrected chi connectivity index (χ2v) is 8.11. The van der Waals surface area contributed by atoms with Gasteiger partial charge in [-0.15, -0.1) is 0 Å². The molecule has 168 valence electrons. The third-order valence-electron chi connectivity index (χ3n) is 5.84. The molecule has 0 saturated carbocycles. The number of aliphatic hydroxyl groups excluding tert-OH is 1. The first-order chi connectivity index (χ1) is 16.5. The minimum Gasteiger partial charge on any atom is -0.436 e. The molecule has 0 aliphatic heterocycles. The van der Waals surface area contributed by atoms with Crippen molar-refractivity contribution in [1.29, 1.82) is 0 Å². The molecule has 2 N–H and O–H groups in total. The van der Waals surface area contributed by atoms with Crippen molar-refractivity contribution in [3.05, 3.63) is 107 Å². The van der Waals surface area contributed by atoms with Gasteiger partial charge in [-0.3, -0.25) is 9.78 Å². The van der Waals surface area contributed by atoms with Crippen molar-refractivity contribution < 1.29 is 14.3 Å². The lowest BCUT2D eigenvalue weighted by molar-refractivity contribution is 0.102. The number of carbonyl (C=O) groups is 1. The first-order valence-corrected chi connectivity index (χ1v) is 11.0. The summed E-state index contributed by atoms with van der Waals surface area (Å²) in [5.74, 6) is -0.354. The molecular weight excluding hydrogens is 426 g/mol. The number of carbonyl (C=O) groups excluding carboxylic acids is 1. The zero-order valence-electron chi connectivity index (χ0n) is 18.9. The van der Waals surface area contributed by atoms with Crippen molar-refractivity contribution in [3.63, 3.8) is 0 Å². The normalized spacial score (nSPS) is 11.8. The van der Waals surface area contributed by atoms with Crippen LogP contribution in [-0.4, -0.2) is 16.0 Å². The summed E-state index contributed by atoms with van der Waals surface area (Å²) in [7, 11) is 0. The number of aryl methyl sites for hydroxylation is 2. The number of aromatic nitrogens is 1. The lowest BCUT2D eigenvalue weighted by Crippen LogP contribution is -2.22. The summed E-state index contributed by atoms with van der Waals surface area (Å²) < 4.78 is 6.17. The number of anilines is 1. The lowest BCUT2D eigenvalue weighted by Gasteiger charge is -2.11. The minimum atomic E-state index is -0.354. The van der Waals surface area contributed by atoms with Gasteiger partial charge in [0.05, 0.1) is 18.0 Å². The Bertz CT molecular complexity index is 1610. The van der Waals surface area contributed by atoms with Crippen LogP contribution in [0.15, 0.2) is 88.4 Å². The molecule has 0 atom stereocenters.